The summed E-state index contributed by atoms with van der Waals surface area (Å²) in [5.74, 6) is 1.92. The highest BCUT2D eigenvalue weighted by atomic mass is 16.2. The van der Waals surface area contributed by atoms with Crippen LogP contribution in [0.4, 0.5) is 0 Å². The zero-order valence-electron chi connectivity index (χ0n) is 7.00. The van der Waals surface area contributed by atoms with Gasteiger partial charge in [0.2, 0.25) is 5.91 Å². The fourth-order valence-electron chi connectivity index (χ4n) is 2.29. The third-order valence-electron chi connectivity index (χ3n) is 2.93. The van der Waals surface area contributed by atoms with E-state index in [0.717, 1.165) is 13.1 Å². The first-order chi connectivity index (χ1) is 5.24. The Morgan fingerprint density at radius 3 is 2.45 bits per heavy atom. The first-order valence-electron chi connectivity index (χ1n) is 4.14. The Kier molecular flexibility index (Phi) is 1.42. The zero-order chi connectivity index (χ0) is 8.01. The molecule has 0 bridgehead atoms. The van der Waals surface area contributed by atoms with Crippen LogP contribution in [0.2, 0.25) is 0 Å². The molecule has 2 rings (SSSR count). The van der Waals surface area contributed by atoms with E-state index in [-0.39, 0.29) is 5.91 Å². The number of rotatable bonds is 1. The summed E-state index contributed by atoms with van der Waals surface area (Å²) >= 11 is 0. The molecule has 1 amide bonds. The first kappa shape index (κ1) is 7.10. The van der Waals surface area contributed by atoms with Gasteiger partial charge in [-0.1, -0.05) is 0 Å². The summed E-state index contributed by atoms with van der Waals surface area (Å²) in [5.41, 5.74) is 0. The third kappa shape index (κ3) is 0.948. The molecule has 1 heterocycles. The van der Waals surface area contributed by atoms with Gasteiger partial charge in [0, 0.05) is 26.1 Å². The molecule has 11 heavy (non-hydrogen) atoms. The van der Waals surface area contributed by atoms with Crippen LogP contribution in [0.5, 0.6) is 0 Å². The molecular formula is C8H14N2O. The van der Waals surface area contributed by atoms with Crippen molar-refractivity contribution < 1.29 is 4.79 Å². The van der Waals surface area contributed by atoms with Crippen LogP contribution in [0.15, 0.2) is 0 Å². The average Bonchev–Trinajstić information content (AvgIpc) is 2.48. The Morgan fingerprint density at radius 2 is 2.00 bits per heavy atom. The summed E-state index contributed by atoms with van der Waals surface area (Å²) in [5, 5.41) is 2.71. The van der Waals surface area contributed by atoms with Crippen molar-refractivity contribution in [3.8, 4) is 0 Å². The van der Waals surface area contributed by atoms with Crippen molar-refractivity contribution in [1.82, 2.24) is 10.2 Å². The van der Waals surface area contributed by atoms with Crippen molar-refractivity contribution in [3.05, 3.63) is 0 Å². The zero-order valence-corrected chi connectivity index (χ0v) is 7.00. The predicted molar refractivity (Wildman–Crippen MR) is 42.0 cm³/mol. The number of amides is 1. The minimum absolute atomic E-state index is 0.244. The minimum atomic E-state index is 0.244. The number of nitrogens with one attached hydrogen (secondary N) is 1. The van der Waals surface area contributed by atoms with Crippen molar-refractivity contribution in [3.63, 3.8) is 0 Å². The predicted octanol–water partition coefficient (Wildman–Crippen LogP) is -0.460. The van der Waals surface area contributed by atoms with E-state index in [1.165, 1.54) is 0 Å². The van der Waals surface area contributed by atoms with Gasteiger partial charge in [-0.05, 0) is 18.9 Å². The average molecular weight is 154 g/mol. The van der Waals surface area contributed by atoms with E-state index < -0.39 is 0 Å². The number of piperidine rings is 1. The number of nitrogens with zero attached hydrogens (tertiary/aromatic N) is 1. The van der Waals surface area contributed by atoms with Gasteiger partial charge in [0.05, 0.1) is 0 Å². The van der Waals surface area contributed by atoms with Crippen molar-refractivity contribution in [2.75, 3.05) is 27.2 Å². The van der Waals surface area contributed by atoms with Crippen LogP contribution in [-0.2, 0) is 4.79 Å². The van der Waals surface area contributed by atoms with E-state index in [4.69, 9.17) is 0 Å². The van der Waals surface area contributed by atoms with Gasteiger partial charge >= 0.3 is 0 Å². The number of likely N-dealkylation sites (tertiary alicyclic amines) is 1. The number of hydrogen-bond donors (Lipinski definition) is 1. The van der Waals surface area contributed by atoms with Gasteiger partial charge in [-0.15, -0.1) is 0 Å². The van der Waals surface area contributed by atoms with E-state index in [2.05, 4.69) is 17.3 Å². The second-order valence-electron chi connectivity index (χ2n) is 3.69. The lowest BCUT2D eigenvalue weighted by Gasteiger charge is -2.11. The lowest BCUT2D eigenvalue weighted by Crippen LogP contribution is -2.27. The highest BCUT2D eigenvalue weighted by Crippen LogP contribution is 2.51. The molecule has 62 valence electrons. The third-order valence-corrected chi connectivity index (χ3v) is 2.93. The molecule has 1 saturated carbocycles. The number of carbonyl (C=O) groups excluding carboxylic acids is 1. The molecule has 0 aromatic rings. The fourth-order valence-corrected chi connectivity index (χ4v) is 2.29. The molecule has 2 aliphatic rings. The van der Waals surface area contributed by atoms with Crippen LogP contribution >= 0.6 is 0 Å². The van der Waals surface area contributed by atoms with Crippen molar-refractivity contribution in [1.29, 1.82) is 0 Å². The molecule has 3 nitrogen and oxygen atoms in total. The molecule has 1 aliphatic heterocycles. The van der Waals surface area contributed by atoms with Crippen LogP contribution in [0.25, 0.3) is 0 Å². The number of carbonyl (C=O) groups is 1. The molecule has 3 atom stereocenters. The molecule has 0 spiro atoms. The Labute approximate surface area is 66.8 Å². The van der Waals surface area contributed by atoms with Crippen molar-refractivity contribution in [2.24, 2.45) is 17.8 Å². The molecule has 0 aromatic heterocycles. The molecule has 2 fully saturated rings. The van der Waals surface area contributed by atoms with Crippen LogP contribution in [-0.4, -0.2) is 38.0 Å². The van der Waals surface area contributed by atoms with Gasteiger partial charge in [0.15, 0.2) is 0 Å². The van der Waals surface area contributed by atoms with Crippen LogP contribution < -0.4 is 5.32 Å². The quantitative estimate of drug-likeness (QED) is 0.554. The fraction of sp³-hybridized carbons (Fsp3) is 0.875. The van der Waals surface area contributed by atoms with E-state index in [1.54, 1.807) is 7.05 Å². The van der Waals surface area contributed by atoms with Crippen LogP contribution in [0.1, 0.15) is 0 Å². The smallest absolute Gasteiger partial charge is 0.223 e. The molecule has 1 aliphatic carbocycles. The number of fused-ring (bicyclic) bond motifs is 1. The monoisotopic (exact) mass is 154 g/mol. The summed E-state index contributed by atoms with van der Waals surface area (Å²) in [6.07, 6.45) is 0. The summed E-state index contributed by atoms with van der Waals surface area (Å²) < 4.78 is 0. The minimum Gasteiger partial charge on any atom is -0.359 e. The summed E-state index contributed by atoms with van der Waals surface area (Å²) in [4.78, 5) is 13.5. The highest BCUT2D eigenvalue weighted by molar-refractivity contribution is 5.82. The molecule has 1 saturated heterocycles. The standard InChI is InChI=1S/C8H14N2O/c1-9-8(11)7-5-3-10(2)4-6(5)7/h5-7H,3-4H2,1-2H3,(H,9,11)/t5-,6+,7?. The van der Waals surface area contributed by atoms with E-state index in [1.807, 2.05) is 0 Å². The summed E-state index contributed by atoms with van der Waals surface area (Å²) in [7, 11) is 3.84. The second-order valence-corrected chi connectivity index (χ2v) is 3.69. The number of hydrogen-bond acceptors (Lipinski definition) is 2. The van der Waals surface area contributed by atoms with Gasteiger partial charge in [-0.2, -0.15) is 0 Å². The Bertz CT molecular complexity index is 181. The van der Waals surface area contributed by atoms with Crippen LogP contribution in [0, 0.1) is 17.8 Å². The van der Waals surface area contributed by atoms with E-state index in [0.29, 0.717) is 17.8 Å². The van der Waals surface area contributed by atoms with Crippen molar-refractivity contribution >= 4 is 5.91 Å². The Hall–Kier alpha value is -0.570. The molecule has 0 radical (unpaired) electrons. The molecule has 1 N–H and O–H groups in total. The largest absolute Gasteiger partial charge is 0.359 e. The van der Waals surface area contributed by atoms with Crippen molar-refractivity contribution in [2.45, 2.75) is 0 Å². The lowest BCUT2D eigenvalue weighted by atomic mass is 10.2. The topological polar surface area (TPSA) is 32.3 Å². The Morgan fingerprint density at radius 1 is 1.45 bits per heavy atom. The first-order valence-corrected chi connectivity index (χ1v) is 4.14. The summed E-state index contributed by atoms with van der Waals surface area (Å²) in [6, 6.07) is 0. The second kappa shape index (κ2) is 2.21. The maximum absolute atomic E-state index is 11.2. The van der Waals surface area contributed by atoms with Gasteiger partial charge in [0.1, 0.15) is 0 Å². The van der Waals surface area contributed by atoms with E-state index in [9.17, 15) is 4.79 Å². The Balaban J connectivity index is 1.92. The highest BCUT2D eigenvalue weighted by Gasteiger charge is 2.58. The molecular weight excluding hydrogens is 140 g/mol. The van der Waals surface area contributed by atoms with E-state index >= 15 is 0 Å². The molecule has 3 heteroatoms. The maximum atomic E-state index is 11.2. The molecule has 1 unspecified atom stereocenters. The summed E-state index contributed by atoms with van der Waals surface area (Å²) in [6.45, 7) is 2.23. The van der Waals surface area contributed by atoms with Crippen LogP contribution in [0.3, 0.4) is 0 Å². The molecule has 0 aromatic carbocycles. The normalized spacial score (nSPS) is 41.8. The maximum Gasteiger partial charge on any atom is 0.223 e. The van der Waals surface area contributed by atoms with Gasteiger partial charge in [0.25, 0.3) is 0 Å². The lowest BCUT2D eigenvalue weighted by molar-refractivity contribution is -0.122. The SMILES string of the molecule is CNC(=O)C1[C@H]2CN(C)C[C@@H]12. The van der Waals surface area contributed by atoms with Gasteiger partial charge in [-0.3, -0.25) is 4.79 Å². The van der Waals surface area contributed by atoms with Gasteiger partial charge in [-0.25, -0.2) is 0 Å². The van der Waals surface area contributed by atoms with Gasteiger partial charge < -0.3 is 10.2 Å².